The van der Waals surface area contributed by atoms with E-state index in [1.807, 2.05) is 24.3 Å². The second-order valence-electron chi connectivity index (χ2n) is 4.40. The van der Waals surface area contributed by atoms with Crippen molar-refractivity contribution in [1.82, 2.24) is 15.0 Å². The molecule has 0 fully saturated rings. The number of fused-ring (bicyclic) bond motifs is 3. The quantitative estimate of drug-likeness (QED) is 0.696. The van der Waals surface area contributed by atoms with Crippen molar-refractivity contribution in [2.75, 3.05) is 26.1 Å². The lowest BCUT2D eigenvalue weighted by molar-refractivity contribution is -0.0914. The molecule has 6 nitrogen and oxygen atoms in total. The molecule has 6 heteroatoms. The number of aromatic amines is 1. The van der Waals surface area contributed by atoms with Gasteiger partial charge in [0.1, 0.15) is 17.4 Å². The highest BCUT2D eigenvalue weighted by Crippen LogP contribution is 2.26. The highest BCUT2D eigenvalue weighted by atomic mass is 16.7. The van der Waals surface area contributed by atoms with Gasteiger partial charge in [0.05, 0.1) is 6.54 Å². The summed E-state index contributed by atoms with van der Waals surface area (Å²) in [5, 5.41) is 4.30. The molecule has 0 spiro atoms. The first kappa shape index (κ1) is 12.8. The molecule has 2 aromatic heterocycles. The maximum absolute atomic E-state index is 5.15. The molecule has 0 aliphatic heterocycles. The van der Waals surface area contributed by atoms with Crippen LogP contribution in [0.5, 0.6) is 0 Å². The summed E-state index contributed by atoms with van der Waals surface area (Å²) in [5.41, 5.74) is 2.84. The SMILES string of the molecule is COC(CNc1ncnc2c1[nH]c1ccccc12)OC. The number of ether oxygens (including phenoxy) is 2. The maximum Gasteiger partial charge on any atom is 0.173 e. The van der Waals surface area contributed by atoms with Crippen LogP contribution in [-0.2, 0) is 9.47 Å². The number of para-hydroxylation sites is 1. The molecule has 0 aliphatic rings. The Kier molecular flexibility index (Phi) is 3.49. The average Bonchev–Trinajstić information content (AvgIpc) is 2.88. The molecule has 0 aliphatic carbocycles. The minimum absolute atomic E-state index is 0.315. The molecule has 0 radical (unpaired) electrons. The first-order valence-electron chi connectivity index (χ1n) is 6.34. The van der Waals surface area contributed by atoms with E-state index in [0.29, 0.717) is 6.54 Å². The summed E-state index contributed by atoms with van der Waals surface area (Å²) in [6.07, 6.45) is 1.24. The van der Waals surface area contributed by atoms with Crippen LogP contribution in [0.3, 0.4) is 0 Å². The van der Waals surface area contributed by atoms with Gasteiger partial charge in [0, 0.05) is 25.1 Å². The van der Waals surface area contributed by atoms with Crippen molar-refractivity contribution >= 4 is 27.8 Å². The van der Waals surface area contributed by atoms with E-state index in [9.17, 15) is 0 Å². The standard InChI is InChI=1S/C14H16N4O2/c1-19-11(20-2)7-15-14-13-12(16-8-17-14)9-5-3-4-6-10(9)18-13/h3-6,8,11,18H,7H2,1-2H3,(H,15,16,17). The predicted octanol–water partition coefficient (Wildman–Crippen LogP) is 2.14. The fourth-order valence-corrected chi connectivity index (χ4v) is 2.22. The molecule has 0 unspecified atom stereocenters. The van der Waals surface area contributed by atoms with Crippen LogP contribution >= 0.6 is 0 Å². The molecule has 0 saturated heterocycles. The molecule has 104 valence electrons. The van der Waals surface area contributed by atoms with E-state index >= 15 is 0 Å². The largest absolute Gasteiger partial charge is 0.363 e. The Morgan fingerprint density at radius 1 is 1.20 bits per heavy atom. The molecule has 20 heavy (non-hydrogen) atoms. The third-order valence-corrected chi connectivity index (χ3v) is 3.25. The zero-order valence-corrected chi connectivity index (χ0v) is 11.4. The van der Waals surface area contributed by atoms with Gasteiger partial charge in [-0.25, -0.2) is 9.97 Å². The molecule has 3 rings (SSSR count). The van der Waals surface area contributed by atoms with Gasteiger partial charge in [0.2, 0.25) is 0 Å². The van der Waals surface area contributed by atoms with Crippen molar-refractivity contribution in [2.24, 2.45) is 0 Å². The van der Waals surface area contributed by atoms with E-state index in [0.717, 1.165) is 27.8 Å². The highest BCUT2D eigenvalue weighted by Gasteiger charge is 2.11. The van der Waals surface area contributed by atoms with E-state index in [-0.39, 0.29) is 6.29 Å². The molecule has 0 saturated carbocycles. The third kappa shape index (κ3) is 2.19. The zero-order chi connectivity index (χ0) is 13.9. The van der Waals surface area contributed by atoms with Gasteiger partial charge in [-0.05, 0) is 6.07 Å². The maximum atomic E-state index is 5.15. The highest BCUT2D eigenvalue weighted by molar-refractivity contribution is 6.07. The van der Waals surface area contributed by atoms with Crippen LogP contribution in [0.1, 0.15) is 0 Å². The van der Waals surface area contributed by atoms with Crippen molar-refractivity contribution in [1.29, 1.82) is 0 Å². The van der Waals surface area contributed by atoms with Crippen LogP contribution in [0.15, 0.2) is 30.6 Å². The van der Waals surface area contributed by atoms with Gasteiger partial charge in [-0.15, -0.1) is 0 Å². The number of nitrogens with zero attached hydrogens (tertiary/aromatic N) is 2. The van der Waals surface area contributed by atoms with Crippen molar-refractivity contribution in [2.45, 2.75) is 6.29 Å². The molecule has 3 aromatic rings. The molecule has 0 atom stereocenters. The van der Waals surface area contributed by atoms with Crippen molar-refractivity contribution in [3.05, 3.63) is 30.6 Å². The number of H-pyrrole nitrogens is 1. The number of anilines is 1. The van der Waals surface area contributed by atoms with Gasteiger partial charge >= 0.3 is 0 Å². The second-order valence-corrected chi connectivity index (χ2v) is 4.40. The fourth-order valence-electron chi connectivity index (χ4n) is 2.22. The lowest BCUT2D eigenvalue weighted by Gasteiger charge is -2.14. The summed E-state index contributed by atoms with van der Waals surface area (Å²) in [6, 6.07) is 8.05. The summed E-state index contributed by atoms with van der Waals surface area (Å²) >= 11 is 0. The molecule has 0 bridgehead atoms. The normalized spacial score (nSPS) is 11.6. The van der Waals surface area contributed by atoms with Crippen LogP contribution in [0.4, 0.5) is 5.82 Å². The van der Waals surface area contributed by atoms with Crippen molar-refractivity contribution in [3.8, 4) is 0 Å². The Balaban J connectivity index is 1.99. The van der Waals surface area contributed by atoms with E-state index in [2.05, 4.69) is 20.3 Å². The van der Waals surface area contributed by atoms with E-state index in [1.54, 1.807) is 20.5 Å². The van der Waals surface area contributed by atoms with Gasteiger partial charge in [-0.3, -0.25) is 0 Å². The molecule has 2 N–H and O–H groups in total. The summed E-state index contributed by atoms with van der Waals surface area (Å²) in [4.78, 5) is 12.0. The molecule has 0 amide bonds. The number of hydrogen-bond donors (Lipinski definition) is 2. The van der Waals surface area contributed by atoms with Gasteiger partial charge in [-0.2, -0.15) is 0 Å². The van der Waals surface area contributed by atoms with E-state index in [4.69, 9.17) is 9.47 Å². The third-order valence-electron chi connectivity index (χ3n) is 3.25. The Morgan fingerprint density at radius 3 is 2.80 bits per heavy atom. The Bertz CT molecular complexity index is 721. The molecule has 1 aromatic carbocycles. The molecular formula is C14H16N4O2. The number of nitrogens with one attached hydrogen (secondary N) is 2. The summed E-state index contributed by atoms with van der Waals surface area (Å²) in [5.74, 6) is 0.741. The Morgan fingerprint density at radius 2 is 2.00 bits per heavy atom. The lowest BCUT2D eigenvalue weighted by Crippen LogP contribution is -2.24. The van der Waals surface area contributed by atoms with Crippen LogP contribution in [-0.4, -0.2) is 42.0 Å². The van der Waals surface area contributed by atoms with Crippen LogP contribution in [0.25, 0.3) is 21.9 Å². The number of methoxy groups -OCH3 is 2. The zero-order valence-electron chi connectivity index (χ0n) is 11.4. The van der Waals surface area contributed by atoms with Crippen LogP contribution < -0.4 is 5.32 Å². The topological polar surface area (TPSA) is 72.1 Å². The minimum Gasteiger partial charge on any atom is -0.363 e. The summed E-state index contributed by atoms with van der Waals surface area (Å²) in [7, 11) is 3.21. The van der Waals surface area contributed by atoms with Crippen LogP contribution in [0.2, 0.25) is 0 Å². The smallest absolute Gasteiger partial charge is 0.173 e. The summed E-state index contributed by atoms with van der Waals surface area (Å²) in [6.45, 7) is 0.508. The lowest BCUT2D eigenvalue weighted by atomic mass is 10.2. The van der Waals surface area contributed by atoms with Crippen LogP contribution in [0, 0.1) is 0 Å². The van der Waals surface area contributed by atoms with Crippen molar-refractivity contribution < 1.29 is 9.47 Å². The van der Waals surface area contributed by atoms with Gasteiger partial charge in [-0.1, -0.05) is 18.2 Å². The van der Waals surface area contributed by atoms with Gasteiger partial charge in [0.25, 0.3) is 0 Å². The monoisotopic (exact) mass is 272 g/mol. The molecular weight excluding hydrogens is 256 g/mol. The van der Waals surface area contributed by atoms with Crippen molar-refractivity contribution in [3.63, 3.8) is 0 Å². The fraction of sp³-hybridized carbons (Fsp3) is 0.286. The van der Waals surface area contributed by atoms with Gasteiger partial charge < -0.3 is 19.8 Å². The first-order valence-corrected chi connectivity index (χ1v) is 6.34. The second kappa shape index (κ2) is 5.44. The van der Waals surface area contributed by atoms with E-state index < -0.39 is 0 Å². The predicted molar refractivity (Wildman–Crippen MR) is 77.7 cm³/mol. The number of rotatable bonds is 5. The summed E-state index contributed by atoms with van der Waals surface area (Å²) < 4.78 is 10.3. The minimum atomic E-state index is -0.315. The average molecular weight is 272 g/mol. The number of benzene rings is 1. The van der Waals surface area contributed by atoms with E-state index in [1.165, 1.54) is 0 Å². The Labute approximate surface area is 116 Å². The molecule has 2 heterocycles. The number of hydrogen-bond acceptors (Lipinski definition) is 5. The first-order chi connectivity index (χ1) is 9.83. The number of aromatic nitrogens is 3. The Hall–Kier alpha value is -2.18. The van der Waals surface area contributed by atoms with Gasteiger partial charge in [0.15, 0.2) is 12.1 Å².